The van der Waals surface area contributed by atoms with Gasteiger partial charge < -0.3 is 26.4 Å². The first-order valence-corrected chi connectivity index (χ1v) is 32.8. The van der Waals surface area contributed by atoms with Crippen molar-refractivity contribution < 1.29 is 136 Å². The molecular formula is C82H61B2BrF16NaO7. The molecule has 12 rings (SSSR count). The number of benzene rings is 12. The van der Waals surface area contributed by atoms with Gasteiger partial charge in [-0.15, -0.1) is 0 Å². The Morgan fingerprint density at radius 3 is 0.881 bits per heavy atom. The number of hydrogen-bond acceptors (Lipinski definition) is 7. The summed E-state index contributed by atoms with van der Waals surface area (Å²) in [6.45, 7) is 3.95. The standard InChI is InChI=1S/C28H21F5O.C15H14F2O.C13H9F3O.C13H7F3O.C7H7BO3.C6H2BrF3.B.Na.H/c1-2-3-17-4-8-19(9-5-17)22-14-25(31)28(26(32)15-22)34-16-18-6-10-20(11-7-18)21-12-23(29)27(33)24(30)13-21;1-2-3-10-4-6-11(7-5-10)12-8-13(16)15(18)14(17)9-12;2*14-11-5-10(6-12(15)13(11)16)9-3-1-8(7-17)2-4-9;9-5-6-1-3-7(4-2-6)8(10)11;7-3-1-4(8)6(10)5(9)2-3;;;/h4-15H,2-3,16H2,1H3;4-9,18H,2-3H2,1H3;1-6,17H,7H2;1-7H;1-5,10-11H;1-2H;;;/q;;;;;;;+1;-1. The van der Waals surface area contributed by atoms with Gasteiger partial charge in [0.05, 0.1) is 6.61 Å². The number of aryl methyl sites for hydroxylation is 2. The Morgan fingerprint density at radius 2 is 0.606 bits per heavy atom. The van der Waals surface area contributed by atoms with Crippen LogP contribution in [0.3, 0.4) is 0 Å². The molecule has 0 spiro atoms. The molecule has 0 fully saturated rings. The van der Waals surface area contributed by atoms with E-state index in [1.165, 1.54) is 66.2 Å². The molecule has 0 aromatic heterocycles. The molecule has 0 heterocycles. The molecular weight excluding hydrogens is 1530 g/mol. The summed E-state index contributed by atoms with van der Waals surface area (Å²) in [5.41, 5.74) is 9.42. The fraction of sp³-hybridized carbons (Fsp3) is 0.0976. The van der Waals surface area contributed by atoms with Crippen LogP contribution in [0.25, 0.3) is 55.6 Å². The number of rotatable bonds is 16. The molecule has 0 aliphatic carbocycles. The van der Waals surface area contributed by atoms with E-state index in [0.717, 1.165) is 97.5 Å². The number of halogens is 17. The number of hydrogen-bond donors (Lipinski definition) is 4. The van der Waals surface area contributed by atoms with Crippen molar-refractivity contribution in [2.45, 2.75) is 52.7 Å². The Morgan fingerprint density at radius 1 is 0.358 bits per heavy atom. The predicted octanol–water partition coefficient (Wildman–Crippen LogP) is 18.2. The van der Waals surface area contributed by atoms with Gasteiger partial charge in [0.15, 0.2) is 105 Å². The van der Waals surface area contributed by atoms with E-state index in [0.29, 0.717) is 73.7 Å². The minimum atomic E-state index is -1.53. The van der Waals surface area contributed by atoms with Crippen LogP contribution < -0.4 is 39.8 Å². The Bertz CT molecular complexity index is 4870. The number of phenols is 1. The largest absolute Gasteiger partial charge is 1.00 e. The van der Waals surface area contributed by atoms with Gasteiger partial charge in [0.25, 0.3) is 0 Å². The van der Waals surface area contributed by atoms with Crippen molar-refractivity contribution >= 4 is 49.5 Å². The molecule has 0 unspecified atom stereocenters. The molecule has 12 aromatic carbocycles. The SMILES string of the molecule is CCCc1ccc(-c2cc(F)c(O)c(F)c2)cc1.CCCc1ccc(-c2cc(F)c(OCc3ccc(-c4cc(F)c(F)c(F)c4)cc3)c(F)c2)cc1.Fc1cc(Br)cc(F)c1F.O=Cc1ccc(-c2cc(F)c(F)c(F)c2)cc1.O=Cc1ccc(B(O)O)cc1.OCc1ccc(-c2cc(F)c(F)c(F)c2)cc1.[B].[H-].[Na+]. The molecule has 4 N–H and O–H groups in total. The summed E-state index contributed by atoms with van der Waals surface area (Å²) in [7, 11) is -1.46. The minimum Gasteiger partial charge on any atom is -1.00 e. The van der Waals surface area contributed by atoms with Gasteiger partial charge in [-0.2, -0.15) is 0 Å². The van der Waals surface area contributed by atoms with Crippen LogP contribution >= 0.6 is 15.9 Å². The van der Waals surface area contributed by atoms with Crippen LogP contribution in [0.2, 0.25) is 0 Å². The fourth-order valence-corrected chi connectivity index (χ4v) is 10.2. The monoisotopic (exact) mass is 1590 g/mol. The number of carbonyl (C=O) groups excluding carboxylic acids is 2. The van der Waals surface area contributed by atoms with Crippen molar-refractivity contribution in [2.24, 2.45) is 0 Å². The average molecular weight is 1590 g/mol. The molecule has 109 heavy (non-hydrogen) atoms. The molecule has 3 radical (unpaired) electrons. The molecule has 27 heteroatoms. The smallest absolute Gasteiger partial charge is 1.00 e. The van der Waals surface area contributed by atoms with Gasteiger partial charge in [0, 0.05) is 24.0 Å². The first-order chi connectivity index (χ1) is 51.0. The second kappa shape index (κ2) is 43.2. The molecule has 0 aliphatic heterocycles. The van der Waals surface area contributed by atoms with Crippen LogP contribution in [0.15, 0.2) is 223 Å². The van der Waals surface area contributed by atoms with E-state index in [1.54, 1.807) is 48.5 Å². The van der Waals surface area contributed by atoms with Crippen molar-refractivity contribution in [3.8, 4) is 67.1 Å². The van der Waals surface area contributed by atoms with Crippen molar-refractivity contribution in [3.05, 3.63) is 349 Å². The number of aliphatic hydroxyl groups excluding tert-OH is 1. The number of carbonyl (C=O) groups is 2. The zero-order chi connectivity index (χ0) is 78.2. The van der Waals surface area contributed by atoms with Gasteiger partial charge in [-0.25, -0.2) is 70.2 Å². The van der Waals surface area contributed by atoms with Gasteiger partial charge in [-0.1, -0.05) is 188 Å². The number of aromatic hydroxyl groups is 1. The van der Waals surface area contributed by atoms with E-state index < -0.39 is 112 Å². The van der Waals surface area contributed by atoms with Crippen molar-refractivity contribution in [2.75, 3.05) is 0 Å². The maximum Gasteiger partial charge on any atom is 1.00 e. The second-order valence-corrected chi connectivity index (χ2v) is 24.1. The average Bonchev–Trinajstić information content (AvgIpc) is 0.824. The van der Waals surface area contributed by atoms with Gasteiger partial charge >= 0.3 is 36.7 Å². The van der Waals surface area contributed by atoms with E-state index in [-0.39, 0.29) is 73.8 Å². The van der Waals surface area contributed by atoms with E-state index >= 15 is 0 Å². The van der Waals surface area contributed by atoms with Crippen LogP contribution in [0.5, 0.6) is 11.5 Å². The number of phenolic OH excluding ortho intramolecular Hbond substituents is 1. The van der Waals surface area contributed by atoms with Crippen molar-refractivity contribution in [1.82, 2.24) is 0 Å². The molecule has 7 nitrogen and oxygen atoms in total. The molecule has 0 bridgehead atoms. The second-order valence-electron chi connectivity index (χ2n) is 23.1. The summed E-state index contributed by atoms with van der Waals surface area (Å²) < 4.78 is 215. The summed E-state index contributed by atoms with van der Waals surface area (Å²) >= 11 is 2.80. The molecule has 557 valence electrons. The zero-order valence-corrected chi connectivity index (χ0v) is 61.4. The Balaban J connectivity index is 0.000000292. The molecule has 0 atom stereocenters. The third kappa shape index (κ3) is 25.8. The van der Waals surface area contributed by atoms with E-state index in [2.05, 4.69) is 29.8 Å². The first-order valence-electron chi connectivity index (χ1n) is 32.0. The van der Waals surface area contributed by atoms with Crippen molar-refractivity contribution in [1.29, 1.82) is 0 Å². The van der Waals surface area contributed by atoms with Gasteiger partial charge in [0.2, 0.25) is 0 Å². The maximum atomic E-state index is 14.6. The summed E-state index contributed by atoms with van der Waals surface area (Å²) in [5.74, 6) is -20.7. The van der Waals surface area contributed by atoms with Gasteiger partial charge in [0.1, 0.15) is 19.2 Å². The van der Waals surface area contributed by atoms with E-state index in [1.807, 2.05) is 48.5 Å². The third-order valence-electron chi connectivity index (χ3n) is 15.5. The number of aldehydes is 2. The minimum absolute atomic E-state index is 0. The quantitative estimate of drug-likeness (QED) is 0.0250. The van der Waals surface area contributed by atoms with Crippen LogP contribution in [0.4, 0.5) is 70.2 Å². The maximum absolute atomic E-state index is 14.6. The number of ether oxygens (including phenoxy) is 1. The zero-order valence-electron chi connectivity index (χ0n) is 58.8. The molecule has 0 aliphatic rings. The molecule has 0 amide bonds. The predicted molar refractivity (Wildman–Crippen MR) is 387 cm³/mol. The van der Waals surface area contributed by atoms with E-state index in [9.17, 15) is 79.8 Å². The van der Waals surface area contributed by atoms with Gasteiger partial charge in [-0.3, -0.25) is 9.59 Å². The first kappa shape index (κ1) is 89.6. The van der Waals surface area contributed by atoms with Crippen LogP contribution in [0.1, 0.15) is 71.1 Å². The summed E-state index contributed by atoms with van der Waals surface area (Å²) in [4.78, 5) is 20.6. The van der Waals surface area contributed by atoms with Crippen molar-refractivity contribution in [3.63, 3.8) is 0 Å². The van der Waals surface area contributed by atoms with E-state index in [4.69, 9.17) is 25.0 Å². The Kier molecular flexibility index (Phi) is 35.5. The Hall–Kier alpha value is -10.1. The van der Waals surface area contributed by atoms with Crippen LogP contribution in [-0.2, 0) is 26.1 Å². The fourth-order valence-electron chi connectivity index (χ4n) is 9.85. The Labute approximate surface area is 650 Å². The normalized spacial score (nSPS) is 10.3. The summed E-state index contributed by atoms with van der Waals surface area (Å²) in [6, 6.07) is 52.0. The molecule has 12 aromatic rings. The van der Waals surface area contributed by atoms with Gasteiger partial charge in [-0.05, 0) is 169 Å². The number of aliphatic hydroxyl groups is 1. The summed E-state index contributed by atoms with van der Waals surface area (Å²) in [5, 5.41) is 35.2. The van der Waals surface area contributed by atoms with Crippen LogP contribution in [0, 0.1) is 93.1 Å². The topological polar surface area (TPSA) is 124 Å². The molecule has 0 saturated carbocycles. The van der Waals surface area contributed by atoms with Crippen LogP contribution in [-0.4, -0.2) is 48.4 Å². The third-order valence-corrected chi connectivity index (χ3v) is 15.9. The summed E-state index contributed by atoms with van der Waals surface area (Å²) in [6.07, 6.45) is 5.36. The molecule has 0 saturated heterocycles.